The van der Waals surface area contributed by atoms with Crippen LogP contribution in [0.3, 0.4) is 0 Å². The normalized spacial score (nSPS) is 12.2. The third-order valence-corrected chi connectivity index (χ3v) is 3.40. The molecular weight excluding hydrogens is 212 g/mol. The molecule has 0 radical (unpaired) electrons. The number of nitriles is 1. The summed E-state index contributed by atoms with van der Waals surface area (Å²) >= 11 is 0. The average Bonchev–Trinajstić information content (AvgIpc) is 2.12. The Balaban J connectivity index is 3.92. The average molecular weight is 230 g/mol. The first-order valence-corrected chi connectivity index (χ1v) is 6.42. The highest BCUT2D eigenvalue weighted by molar-refractivity contribution is 7.85. The summed E-state index contributed by atoms with van der Waals surface area (Å²) in [5.74, 6) is 0.810. The predicted octanol–water partition coefficient (Wildman–Crippen LogP) is 0.763. The summed E-state index contributed by atoms with van der Waals surface area (Å²) in [4.78, 5) is 12.9. The van der Waals surface area contributed by atoms with Gasteiger partial charge in [-0.2, -0.15) is 5.26 Å². The topological polar surface area (TPSA) is 61.2 Å². The number of hydrogen-bond donors (Lipinski definition) is 0. The van der Waals surface area contributed by atoms with E-state index in [1.165, 1.54) is 4.90 Å². The Morgan fingerprint density at radius 2 is 2.13 bits per heavy atom. The lowest BCUT2D eigenvalue weighted by Crippen LogP contribution is -2.32. The van der Waals surface area contributed by atoms with Crippen LogP contribution in [0.15, 0.2) is 0 Å². The maximum absolute atomic E-state index is 11.5. The van der Waals surface area contributed by atoms with E-state index in [0.29, 0.717) is 24.6 Å². The van der Waals surface area contributed by atoms with Gasteiger partial charge in [0, 0.05) is 30.1 Å². The summed E-state index contributed by atoms with van der Waals surface area (Å²) in [6.45, 7) is 4.36. The van der Waals surface area contributed by atoms with Gasteiger partial charge in [-0.25, -0.2) is 0 Å². The molecule has 1 unspecified atom stereocenters. The second-order valence-electron chi connectivity index (χ2n) is 3.87. The van der Waals surface area contributed by atoms with Crippen LogP contribution in [-0.4, -0.2) is 40.1 Å². The maximum Gasteiger partial charge on any atom is 0.234 e. The van der Waals surface area contributed by atoms with Crippen molar-refractivity contribution in [1.82, 2.24) is 4.90 Å². The molecule has 0 saturated carbocycles. The molecule has 15 heavy (non-hydrogen) atoms. The number of hydrogen-bond acceptors (Lipinski definition) is 3. The van der Waals surface area contributed by atoms with Crippen molar-refractivity contribution >= 4 is 16.7 Å². The monoisotopic (exact) mass is 230 g/mol. The minimum atomic E-state index is -1.08. The zero-order valence-corrected chi connectivity index (χ0v) is 10.3. The van der Waals surface area contributed by atoms with Gasteiger partial charge in [0.05, 0.1) is 12.5 Å². The van der Waals surface area contributed by atoms with E-state index in [2.05, 4.69) is 0 Å². The molecule has 0 spiro atoms. The van der Waals surface area contributed by atoms with E-state index < -0.39 is 10.8 Å². The van der Waals surface area contributed by atoms with Crippen LogP contribution in [0.25, 0.3) is 0 Å². The fraction of sp³-hybridized carbons (Fsp3) is 0.800. The van der Waals surface area contributed by atoms with Gasteiger partial charge in [0.15, 0.2) is 0 Å². The molecule has 5 heteroatoms. The SMILES string of the molecule is CC(C)CS(=O)CC(=O)N(C)CCC#N. The molecule has 0 heterocycles. The summed E-state index contributed by atoms with van der Waals surface area (Å²) in [6.07, 6.45) is 0.319. The molecule has 86 valence electrons. The van der Waals surface area contributed by atoms with E-state index in [1.807, 2.05) is 19.9 Å². The minimum absolute atomic E-state index is 0.0696. The second kappa shape index (κ2) is 7.41. The van der Waals surface area contributed by atoms with E-state index in [-0.39, 0.29) is 11.7 Å². The first kappa shape index (κ1) is 14.1. The smallest absolute Gasteiger partial charge is 0.234 e. The van der Waals surface area contributed by atoms with Gasteiger partial charge >= 0.3 is 0 Å². The van der Waals surface area contributed by atoms with E-state index in [4.69, 9.17) is 5.26 Å². The summed E-state index contributed by atoms with van der Waals surface area (Å²) in [6, 6.07) is 1.97. The zero-order chi connectivity index (χ0) is 11.8. The van der Waals surface area contributed by atoms with Crippen molar-refractivity contribution < 1.29 is 9.00 Å². The van der Waals surface area contributed by atoms with E-state index in [1.54, 1.807) is 7.05 Å². The van der Waals surface area contributed by atoms with Crippen molar-refractivity contribution in [2.45, 2.75) is 20.3 Å². The van der Waals surface area contributed by atoms with E-state index in [0.717, 1.165) is 0 Å². The summed E-state index contributed by atoms with van der Waals surface area (Å²) < 4.78 is 11.4. The fourth-order valence-electron chi connectivity index (χ4n) is 1.02. The van der Waals surface area contributed by atoms with Crippen molar-refractivity contribution in [3.63, 3.8) is 0 Å². The molecule has 0 aliphatic carbocycles. The molecule has 0 aromatic rings. The van der Waals surface area contributed by atoms with Crippen LogP contribution in [0.5, 0.6) is 0 Å². The second-order valence-corrected chi connectivity index (χ2v) is 5.37. The van der Waals surface area contributed by atoms with E-state index in [9.17, 15) is 9.00 Å². The van der Waals surface area contributed by atoms with Crippen LogP contribution in [-0.2, 0) is 15.6 Å². The molecule has 0 aliphatic rings. The third-order valence-electron chi connectivity index (χ3n) is 1.79. The Morgan fingerprint density at radius 1 is 1.53 bits per heavy atom. The van der Waals surface area contributed by atoms with Gasteiger partial charge in [0.2, 0.25) is 5.91 Å². The molecule has 4 nitrogen and oxygen atoms in total. The molecule has 0 aliphatic heterocycles. The van der Waals surface area contributed by atoms with Crippen molar-refractivity contribution in [3.8, 4) is 6.07 Å². The molecular formula is C10H18N2O2S. The molecule has 0 rings (SSSR count). The van der Waals surface area contributed by atoms with Crippen LogP contribution < -0.4 is 0 Å². The first-order valence-electron chi connectivity index (χ1n) is 4.93. The molecule has 0 aromatic carbocycles. The lowest BCUT2D eigenvalue weighted by Gasteiger charge is -2.15. The zero-order valence-electron chi connectivity index (χ0n) is 9.52. The van der Waals surface area contributed by atoms with Gasteiger partial charge in [0.25, 0.3) is 0 Å². The van der Waals surface area contributed by atoms with Crippen LogP contribution in [0.2, 0.25) is 0 Å². The Kier molecular flexibility index (Phi) is 6.97. The van der Waals surface area contributed by atoms with Crippen LogP contribution >= 0.6 is 0 Å². The highest BCUT2D eigenvalue weighted by Gasteiger charge is 2.13. The molecule has 1 amide bonds. The van der Waals surface area contributed by atoms with Crippen LogP contribution in [0.1, 0.15) is 20.3 Å². The molecule has 1 atom stereocenters. The summed E-state index contributed by atoms with van der Waals surface area (Å²) in [7, 11) is 0.551. The molecule has 0 saturated heterocycles. The fourth-order valence-corrected chi connectivity index (χ4v) is 2.38. The number of carbonyl (C=O) groups excluding carboxylic acids is 1. The highest BCUT2D eigenvalue weighted by Crippen LogP contribution is 1.98. The summed E-state index contributed by atoms with van der Waals surface area (Å²) in [5, 5.41) is 8.35. The third kappa shape index (κ3) is 7.09. The van der Waals surface area contributed by atoms with Crippen molar-refractivity contribution in [2.24, 2.45) is 5.92 Å². The lowest BCUT2D eigenvalue weighted by molar-refractivity contribution is -0.127. The number of rotatable bonds is 6. The summed E-state index contributed by atoms with van der Waals surface area (Å²) in [5.41, 5.74) is 0. The quantitative estimate of drug-likeness (QED) is 0.677. The van der Waals surface area contributed by atoms with Gasteiger partial charge in [-0.05, 0) is 5.92 Å². The number of amides is 1. The van der Waals surface area contributed by atoms with Gasteiger partial charge in [-0.1, -0.05) is 13.8 Å². The Labute approximate surface area is 93.7 Å². The largest absolute Gasteiger partial charge is 0.344 e. The predicted molar refractivity (Wildman–Crippen MR) is 60.6 cm³/mol. The standard InChI is InChI=1S/C10H18N2O2S/c1-9(2)7-15(14)8-10(13)12(3)6-4-5-11/h9H,4,6-8H2,1-3H3. The molecule has 0 fully saturated rings. The van der Waals surface area contributed by atoms with Gasteiger partial charge in [-0.15, -0.1) is 0 Å². The van der Waals surface area contributed by atoms with Crippen molar-refractivity contribution in [1.29, 1.82) is 5.26 Å². The minimum Gasteiger partial charge on any atom is -0.344 e. The first-order chi connectivity index (χ1) is 6.97. The molecule has 0 N–H and O–H groups in total. The molecule has 0 aromatic heterocycles. The van der Waals surface area contributed by atoms with Crippen LogP contribution in [0, 0.1) is 17.2 Å². The van der Waals surface area contributed by atoms with Gasteiger partial charge < -0.3 is 4.90 Å². The number of nitrogens with zero attached hydrogens (tertiary/aromatic N) is 2. The van der Waals surface area contributed by atoms with Crippen molar-refractivity contribution in [2.75, 3.05) is 25.1 Å². The maximum atomic E-state index is 11.5. The van der Waals surface area contributed by atoms with E-state index >= 15 is 0 Å². The number of carbonyl (C=O) groups is 1. The Morgan fingerprint density at radius 3 is 2.60 bits per heavy atom. The highest BCUT2D eigenvalue weighted by atomic mass is 32.2. The van der Waals surface area contributed by atoms with Gasteiger partial charge in [-0.3, -0.25) is 9.00 Å². The molecule has 0 bridgehead atoms. The Hall–Kier alpha value is -0.890. The van der Waals surface area contributed by atoms with Crippen LogP contribution in [0.4, 0.5) is 0 Å². The lowest BCUT2D eigenvalue weighted by atomic mass is 10.3. The van der Waals surface area contributed by atoms with Gasteiger partial charge in [0.1, 0.15) is 5.75 Å². The van der Waals surface area contributed by atoms with Crippen molar-refractivity contribution in [3.05, 3.63) is 0 Å². The Bertz CT molecular complexity index is 271.